The van der Waals surface area contributed by atoms with E-state index in [0.717, 1.165) is 18.9 Å². The van der Waals surface area contributed by atoms with Gasteiger partial charge in [0.05, 0.1) is 11.1 Å². The molecule has 3 rings (SSSR count). The van der Waals surface area contributed by atoms with E-state index < -0.39 is 15.8 Å². The van der Waals surface area contributed by atoms with Gasteiger partial charge in [0.15, 0.2) is 0 Å². The number of carboxylic acid groups (broad SMARTS) is 1. The smallest absolute Gasteiger partial charge is 0.290 e. The lowest BCUT2D eigenvalue weighted by Gasteiger charge is -2.29. The Hall–Kier alpha value is -2.92. The number of aryl methyl sites for hydroxylation is 1. The van der Waals surface area contributed by atoms with Crippen molar-refractivity contribution in [2.75, 3.05) is 6.54 Å². The highest BCUT2D eigenvalue weighted by atomic mass is 32.2. The average Bonchev–Trinajstić information content (AvgIpc) is 2.75. The average molecular weight is 453 g/mol. The molecule has 2 atom stereocenters. The Kier molecular flexibility index (Phi) is 9.01. The number of rotatable bonds is 6. The number of carbonyl (C=O) groups is 2. The van der Waals surface area contributed by atoms with E-state index >= 15 is 0 Å². The molecule has 2 aromatic rings. The van der Waals surface area contributed by atoms with Gasteiger partial charge in [-0.2, -0.15) is 0 Å². The summed E-state index contributed by atoms with van der Waals surface area (Å²) in [5, 5.41) is 9.72. The van der Waals surface area contributed by atoms with Gasteiger partial charge in [-0.3, -0.25) is 14.6 Å². The zero-order valence-electron chi connectivity index (χ0n) is 17.0. The Labute approximate surface area is 180 Å². The van der Waals surface area contributed by atoms with Gasteiger partial charge in [-0.25, -0.2) is 22.5 Å². The van der Waals surface area contributed by atoms with E-state index in [-0.39, 0.29) is 34.9 Å². The van der Waals surface area contributed by atoms with Crippen LogP contribution in [0.2, 0.25) is 0 Å². The van der Waals surface area contributed by atoms with Crippen LogP contribution in [-0.4, -0.2) is 48.5 Å². The normalized spacial score (nSPS) is 18.4. The van der Waals surface area contributed by atoms with Gasteiger partial charge < -0.3 is 10.4 Å². The third kappa shape index (κ3) is 7.37. The van der Waals surface area contributed by atoms with Gasteiger partial charge in [-0.1, -0.05) is 12.5 Å². The summed E-state index contributed by atoms with van der Waals surface area (Å²) in [6, 6.07) is 3.49. The lowest BCUT2D eigenvalue weighted by Crippen LogP contribution is -2.41. The molecule has 11 heteroatoms. The van der Waals surface area contributed by atoms with Crippen molar-refractivity contribution in [2.24, 2.45) is 5.92 Å². The Balaban J connectivity index is 0.00000107. The maximum atomic E-state index is 13.5. The number of sulfonamides is 1. The number of halogens is 1. The number of carbonyl (C=O) groups excluding carboxylic acids is 1. The van der Waals surface area contributed by atoms with Gasteiger partial charge in [0, 0.05) is 25.0 Å². The molecule has 9 nitrogen and oxygen atoms in total. The molecule has 1 aliphatic rings. The molecule has 0 unspecified atom stereocenters. The molecule has 1 aliphatic carbocycles. The van der Waals surface area contributed by atoms with Gasteiger partial charge in [-0.15, -0.1) is 0 Å². The van der Waals surface area contributed by atoms with Crippen LogP contribution >= 0.6 is 0 Å². The lowest BCUT2D eigenvalue weighted by molar-refractivity contribution is -0.122. The largest absolute Gasteiger partial charge is 0.483 e. The van der Waals surface area contributed by atoms with Crippen molar-refractivity contribution < 1.29 is 27.5 Å². The standard InChI is InChI=1S/C19H23FN4O3S.CH2O2/c1-13-5-6-15(20)10-18(13)28(26,27)24-16-4-2-3-14(9-16)11-23-19(25)17-12-21-7-8-22-17;2-1-3/h5-8,10,12,14,16,24H,2-4,9,11H2,1H3,(H,23,25);1H,(H,2,3)/t14-,16+;/m1./s1. The van der Waals surface area contributed by atoms with Gasteiger partial charge >= 0.3 is 0 Å². The number of nitrogens with zero attached hydrogens (tertiary/aromatic N) is 2. The van der Waals surface area contributed by atoms with Crippen LogP contribution < -0.4 is 10.0 Å². The molecule has 0 bridgehead atoms. The fourth-order valence-electron chi connectivity index (χ4n) is 3.47. The summed E-state index contributed by atoms with van der Waals surface area (Å²) in [4.78, 5) is 28.2. The Morgan fingerprint density at radius 3 is 2.74 bits per heavy atom. The highest BCUT2D eigenvalue weighted by Crippen LogP contribution is 2.26. The molecular weight excluding hydrogens is 427 g/mol. The molecule has 1 fully saturated rings. The predicted molar refractivity (Wildman–Crippen MR) is 110 cm³/mol. The quantitative estimate of drug-likeness (QED) is 0.569. The summed E-state index contributed by atoms with van der Waals surface area (Å²) in [5.41, 5.74) is 0.745. The van der Waals surface area contributed by atoms with Crippen LogP contribution in [0, 0.1) is 18.7 Å². The van der Waals surface area contributed by atoms with Crippen molar-refractivity contribution in [3.8, 4) is 0 Å². The fourth-order valence-corrected chi connectivity index (χ4v) is 5.01. The number of benzene rings is 1. The molecule has 1 heterocycles. The first-order valence-corrected chi connectivity index (χ1v) is 11.2. The topological polar surface area (TPSA) is 138 Å². The molecule has 0 saturated heterocycles. The zero-order chi connectivity index (χ0) is 22.9. The second-order valence-electron chi connectivity index (χ2n) is 7.17. The van der Waals surface area contributed by atoms with Gasteiger partial charge in [-0.05, 0) is 49.8 Å². The van der Waals surface area contributed by atoms with Crippen molar-refractivity contribution in [2.45, 2.75) is 43.5 Å². The molecule has 1 saturated carbocycles. The molecule has 0 radical (unpaired) electrons. The molecule has 168 valence electrons. The van der Waals surface area contributed by atoms with E-state index in [9.17, 15) is 17.6 Å². The van der Waals surface area contributed by atoms with Crippen molar-refractivity contribution >= 4 is 22.4 Å². The fraction of sp³-hybridized carbons (Fsp3) is 0.400. The van der Waals surface area contributed by atoms with Crippen molar-refractivity contribution in [1.82, 2.24) is 20.0 Å². The third-order valence-corrected chi connectivity index (χ3v) is 6.55. The molecule has 31 heavy (non-hydrogen) atoms. The Morgan fingerprint density at radius 1 is 1.32 bits per heavy atom. The lowest BCUT2D eigenvalue weighted by atomic mass is 9.86. The predicted octanol–water partition coefficient (Wildman–Crippen LogP) is 1.89. The Morgan fingerprint density at radius 2 is 2.06 bits per heavy atom. The van der Waals surface area contributed by atoms with E-state index in [1.807, 2.05) is 0 Å². The van der Waals surface area contributed by atoms with E-state index in [0.29, 0.717) is 24.9 Å². The van der Waals surface area contributed by atoms with E-state index in [1.165, 1.54) is 30.7 Å². The molecule has 1 amide bonds. The maximum Gasteiger partial charge on any atom is 0.290 e. The van der Waals surface area contributed by atoms with Crippen LogP contribution in [0.5, 0.6) is 0 Å². The SMILES string of the molecule is Cc1ccc(F)cc1S(=O)(=O)N[C@H]1CCC[C@@H](CNC(=O)c2cnccn2)C1.O=CO. The maximum absolute atomic E-state index is 13.5. The number of hydrogen-bond acceptors (Lipinski definition) is 6. The minimum Gasteiger partial charge on any atom is -0.483 e. The van der Waals surface area contributed by atoms with Crippen molar-refractivity contribution in [1.29, 1.82) is 0 Å². The minimum atomic E-state index is -3.81. The van der Waals surface area contributed by atoms with Gasteiger partial charge in [0.1, 0.15) is 11.5 Å². The molecular formula is C20H25FN4O5S. The molecule has 1 aromatic carbocycles. The first kappa shape index (κ1) is 24.4. The van der Waals surface area contributed by atoms with Gasteiger partial charge in [0.2, 0.25) is 10.0 Å². The zero-order valence-corrected chi connectivity index (χ0v) is 17.8. The van der Waals surface area contributed by atoms with Crippen LogP contribution in [0.25, 0.3) is 0 Å². The summed E-state index contributed by atoms with van der Waals surface area (Å²) in [6.45, 7) is 1.83. The highest BCUT2D eigenvalue weighted by molar-refractivity contribution is 7.89. The summed E-state index contributed by atoms with van der Waals surface area (Å²) in [5.74, 6) is -0.735. The van der Waals surface area contributed by atoms with Crippen molar-refractivity contribution in [3.63, 3.8) is 0 Å². The highest BCUT2D eigenvalue weighted by Gasteiger charge is 2.28. The molecule has 0 aliphatic heterocycles. The Bertz CT molecular complexity index is 988. The number of amides is 1. The second-order valence-corrected chi connectivity index (χ2v) is 8.85. The molecule has 0 spiro atoms. The summed E-state index contributed by atoms with van der Waals surface area (Å²) >= 11 is 0. The van der Waals surface area contributed by atoms with Crippen LogP contribution in [-0.2, 0) is 14.8 Å². The third-order valence-electron chi connectivity index (χ3n) is 4.89. The minimum absolute atomic E-state index is 0.0365. The van der Waals surface area contributed by atoms with Crippen molar-refractivity contribution in [3.05, 3.63) is 53.9 Å². The summed E-state index contributed by atoms with van der Waals surface area (Å²) in [7, 11) is -3.81. The summed E-state index contributed by atoms with van der Waals surface area (Å²) < 4.78 is 41.5. The molecule has 3 N–H and O–H groups in total. The number of aromatic nitrogens is 2. The summed E-state index contributed by atoms with van der Waals surface area (Å²) in [6.07, 6.45) is 7.41. The van der Waals surface area contributed by atoms with Crippen LogP contribution in [0.15, 0.2) is 41.7 Å². The van der Waals surface area contributed by atoms with Gasteiger partial charge in [0.25, 0.3) is 12.4 Å². The molecule has 1 aromatic heterocycles. The first-order valence-electron chi connectivity index (χ1n) is 9.67. The van der Waals surface area contributed by atoms with Crippen LogP contribution in [0.3, 0.4) is 0 Å². The van der Waals surface area contributed by atoms with Crippen LogP contribution in [0.4, 0.5) is 4.39 Å². The second kappa shape index (κ2) is 11.5. The number of nitrogens with one attached hydrogen (secondary N) is 2. The first-order chi connectivity index (χ1) is 14.8. The van der Waals surface area contributed by atoms with Crippen LogP contribution in [0.1, 0.15) is 41.7 Å². The van der Waals surface area contributed by atoms with E-state index in [2.05, 4.69) is 20.0 Å². The van der Waals surface area contributed by atoms with E-state index in [4.69, 9.17) is 9.90 Å². The monoisotopic (exact) mass is 452 g/mol. The number of hydrogen-bond donors (Lipinski definition) is 3. The van der Waals surface area contributed by atoms with E-state index in [1.54, 1.807) is 6.92 Å².